The molecular formula is C12H23N3OS. The van der Waals surface area contributed by atoms with Crippen LogP contribution in [-0.4, -0.2) is 23.6 Å². The van der Waals surface area contributed by atoms with Gasteiger partial charge in [0.05, 0.1) is 6.10 Å². The molecule has 2 N–H and O–H groups in total. The van der Waals surface area contributed by atoms with Crippen LogP contribution in [0.25, 0.3) is 0 Å². The number of hydrogen-bond donors (Lipinski definition) is 1. The normalized spacial score (nSPS) is 10.9. The predicted octanol–water partition coefficient (Wildman–Crippen LogP) is 3.14. The van der Waals surface area contributed by atoms with E-state index >= 15 is 0 Å². The summed E-state index contributed by atoms with van der Waals surface area (Å²) in [4.78, 5) is 2.31. The fourth-order valence-electron chi connectivity index (χ4n) is 1.69. The summed E-state index contributed by atoms with van der Waals surface area (Å²) in [6.45, 7) is 10.4. The molecule has 17 heavy (non-hydrogen) atoms. The van der Waals surface area contributed by atoms with Crippen LogP contribution in [0.3, 0.4) is 0 Å². The van der Waals surface area contributed by atoms with Crippen LogP contribution in [0.5, 0.6) is 5.75 Å². The summed E-state index contributed by atoms with van der Waals surface area (Å²) in [6, 6.07) is 0. The van der Waals surface area contributed by atoms with Gasteiger partial charge in [0.15, 0.2) is 16.6 Å². The average Bonchev–Trinajstić information content (AvgIpc) is 2.60. The number of nitrogen functional groups attached to an aromatic ring is 1. The molecule has 0 aliphatic heterocycles. The smallest absolute Gasteiger partial charge is 0.198 e. The highest BCUT2D eigenvalue weighted by Gasteiger charge is 2.19. The van der Waals surface area contributed by atoms with Crippen LogP contribution in [-0.2, 0) is 0 Å². The number of hydrogen-bond acceptors (Lipinski definition) is 5. The summed E-state index contributed by atoms with van der Waals surface area (Å²) < 4.78 is 9.98. The van der Waals surface area contributed by atoms with Gasteiger partial charge < -0.3 is 15.4 Å². The van der Waals surface area contributed by atoms with Crippen molar-refractivity contribution < 1.29 is 4.74 Å². The van der Waals surface area contributed by atoms with E-state index in [4.69, 9.17) is 10.5 Å². The van der Waals surface area contributed by atoms with Crippen molar-refractivity contribution in [2.24, 2.45) is 0 Å². The molecule has 0 saturated heterocycles. The SMILES string of the molecule is CCCN(CCC)c1snc(N)c1OC(C)C. The summed E-state index contributed by atoms with van der Waals surface area (Å²) in [6.07, 6.45) is 2.34. The van der Waals surface area contributed by atoms with Gasteiger partial charge in [-0.3, -0.25) is 0 Å². The van der Waals surface area contributed by atoms with Crippen molar-refractivity contribution in [3.05, 3.63) is 0 Å². The molecule has 4 nitrogen and oxygen atoms in total. The maximum atomic E-state index is 5.87. The summed E-state index contributed by atoms with van der Waals surface area (Å²) in [5.41, 5.74) is 5.87. The maximum Gasteiger partial charge on any atom is 0.198 e. The molecule has 0 spiro atoms. The zero-order valence-electron chi connectivity index (χ0n) is 11.2. The van der Waals surface area contributed by atoms with E-state index in [9.17, 15) is 0 Å². The molecule has 1 rings (SSSR count). The lowest BCUT2D eigenvalue weighted by atomic mass is 10.3. The van der Waals surface area contributed by atoms with E-state index in [1.807, 2.05) is 13.8 Å². The molecule has 1 aromatic heterocycles. The molecule has 1 aromatic rings. The predicted molar refractivity (Wildman–Crippen MR) is 75.1 cm³/mol. The third-order valence-corrected chi connectivity index (χ3v) is 3.19. The first-order chi connectivity index (χ1) is 8.10. The molecule has 0 fully saturated rings. The van der Waals surface area contributed by atoms with E-state index in [1.165, 1.54) is 11.5 Å². The molecule has 0 saturated carbocycles. The molecule has 0 aliphatic rings. The molecule has 0 aliphatic carbocycles. The highest BCUT2D eigenvalue weighted by molar-refractivity contribution is 7.11. The van der Waals surface area contributed by atoms with Gasteiger partial charge in [0.1, 0.15) is 0 Å². The van der Waals surface area contributed by atoms with Crippen molar-refractivity contribution in [1.29, 1.82) is 0 Å². The first-order valence-corrected chi connectivity index (χ1v) is 7.04. The van der Waals surface area contributed by atoms with Crippen LogP contribution in [0, 0.1) is 0 Å². The van der Waals surface area contributed by atoms with E-state index in [0.717, 1.165) is 36.7 Å². The largest absolute Gasteiger partial charge is 0.484 e. The van der Waals surface area contributed by atoms with E-state index in [2.05, 4.69) is 23.1 Å². The average molecular weight is 257 g/mol. The monoisotopic (exact) mass is 257 g/mol. The van der Waals surface area contributed by atoms with Crippen molar-refractivity contribution in [3.63, 3.8) is 0 Å². The van der Waals surface area contributed by atoms with Gasteiger partial charge in [-0.15, -0.1) is 0 Å². The molecule has 0 amide bonds. The highest BCUT2D eigenvalue weighted by Crippen LogP contribution is 2.39. The number of anilines is 2. The molecule has 5 heteroatoms. The maximum absolute atomic E-state index is 5.87. The van der Waals surface area contributed by atoms with Crippen LogP contribution < -0.4 is 15.4 Å². The Morgan fingerprint density at radius 3 is 2.35 bits per heavy atom. The van der Waals surface area contributed by atoms with Crippen molar-refractivity contribution in [2.75, 3.05) is 23.7 Å². The molecule has 0 aromatic carbocycles. The molecule has 1 heterocycles. The Labute approximate surface area is 108 Å². The van der Waals surface area contributed by atoms with E-state index in [-0.39, 0.29) is 6.10 Å². The second kappa shape index (κ2) is 6.69. The minimum absolute atomic E-state index is 0.123. The van der Waals surface area contributed by atoms with E-state index in [0.29, 0.717) is 5.82 Å². The van der Waals surface area contributed by atoms with Gasteiger partial charge in [-0.05, 0) is 38.2 Å². The highest BCUT2D eigenvalue weighted by atomic mass is 32.1. The Hall–Kier alpha value is -0.970. The Morgan fingerprint density at radius 2 is 1.88 bits per heavy atom. The lowest BCUT2D eigenvalue weighted by Crippen LogP contribution is -2.24. The van der Waals surface area contributed by atoms with Gasteiger partial charge in [0, 0.05) is 13.1 Å². The van der Waals surface area contributed by atoms with Crippen LogP contribution in [0.4, 0.5) is 10.8 Å². The Kier molecular flexibility index (Phi) is 5.55. The molecule has 0 bridgehead atoms. The minimum Gasteiger partial charge on any atom is -0.484 e. The summed E-state index contributed by atoms with van der Waals surface area (Å²) in [5.74, 6) is 1.27. The summed E-state index contributed by atoms with van der Waals surface area (Å²) >= 11 is 1.43. The summed E-state index contributed by atoms with van der Waals surface area (Å²) in [5, 5.41) is 1.07. The molecule has 0 atom stereocenters. The Morgan fingerprint density at radius 1 is 1.29 bits per heavy atom. The van der Waals surface area contributed by atoms with Crippen molar-refractivity contribution in [3.8, 4) is 5.75 Å². The van der Waals surface area contributed by atoms with Gasteiger partial charge in [-0.2, -0.15) is 4.37 Å². The Bertz CT molecular complexity index is 332. The van der Waals surface area contributed by atoms with Gasteiger partial charge >= 0.3 is 0 Å². The number of nitrogens with two attached hydrogens (primary N) is 1. The summed E-state index contributed by atoms with van der Waals surface area (Å²) in [7, 11) is 0. The lowest BCUT2D eigenvalue weighted by molar-refractivity contribution is 0.245. The third-order valence-electron chi connectivity index (χ3n) is 2.29. The molecule has 98 valence electrons. The molecular weight excluding hydrogens is 234 g/mol. The van der Waals surface area contributed by atoms with Crippen LogP contribution in [0.1, 0.15) is 40.5 Å². The minimum atomic E-state index is 0.123. The fourth-order valence-corrected chi connectivity index (χ4v) is 2.49. The number of ether oxygens (including phenoxy) is 1. The van der Waals surface area contributed by atoms with Crippen molar-refractivity contribution in [2.45, 2.75) is 46.6 Å². The second-order valence-corrected chi connectivity index (χ2v) is 5.11. The first kappa shape index (κ1) is 14.1. The van der Waals surface area contributed by atoms with Crippen LogP contribution >= 0.6 is 11.5 Å². The zero-order chi connectivity index (χ0) is 12.8. The fraction of sp³-hybridized carbons (Fsp3) is 0.750. The Balaban J connectivity index is 2.92. The lowest BCUT2D eigenvalue weighted by Gasteiger charge is -2.23. The second-order valence-electron chi connectivity index (χ2n) is 4.36. The number of aromatic nitrogens is 1. The zero-order valence-corrected chi connectivity index (χ0v) is 12.0. The van der Waals surface area contributed by atoms with Gasteiger partial charge in [0.25, 0.3) is 0 Å². The van der Waals surface area contributed by atoms with Crippen molar-refractivity contribution in [1.82, 2.24) is 4.37 Å². The topological polar surface area (TPSA) is 51.4 Å². The van der Waals surface area contributed by atoms with Crippen LogP contribution in [0.2, 0.25) is 0 Å². The first-order valence-electron chi connectivity index (χ1n) is 6.26. The molecule has 0 radical (unpaired) electrons. The quantitative estimate of drug-likeness (QED) is 0.815. The van der Waals surface area contributed by atoms with Crippen molar-refractivity contribution >= 4 is 22.4 Å². The van der Waals surface area contributed by atoms with Crippen LogP contribution in [0.15, 0.2) is 0 Å². The van der Waals surface area contributed by atoms with Gasteiger partial charge in [0.2, 0.25) is 0 Å². The van der Waals surface area contributed by atoms with E-state index in [1.54, 1.807) is 0 Å². The number of rotatable bonds is 7. The number of nitrogens with zero attached hydrogens (tertiary/aromatic N) is 2. The van der Waals surface area contributed by atoms with E-state index < -0.39 is 0 Å². The molecule has 0 unspecified atom stereocenters. The van der Waals surface area contributed by atoms with Gasteiger partial charge in [-0.1, -0.05) is 13.8 Å². The standard InChI is InChI=1S/C12H23N3OS/c1-5-7-15(8-6-2)12-10(16-9(3)4)11(13)14-17-12/h9H,5-8H2,1-4H3,(H2,13,14). The van der Waals surface area contributed by atoms with Gasteiger partial charge in [-0.25, -0.2) is 0 Å². The third kappa shape index (κ3) is 3.77.